The smallest absolute Gasteiger partial charge is 0.267 e. The summed E-state index contributed by atoms with van der Waals surface area (Å²) in [5.74, 6) is -0.157. The summed E-state index contributed by atoms with van der Waals surface area (Å²) in [6.45, 7) is 3.03. The predicted octanol–water partition coefficient (Wildman–Crippen LogP) is 0.327. The third-order valence-corrected chi connectivity index (χ3v) is 4.70. The van der Waals surface area contributed by atoms with Crippen LogP contribution in [0, 0.1) is 5.92 Å². The zero-order valence-corrected chi connectivity index (χ0v) is 12.3. The van der Waals surface area contributed by atoms with Crippen LogP contribution in [0.15, 0.2) is 0 Å². The molecule has 19 heavy (non-hydrogen) atoms. The number of phosphoric acid groups is 1. The molecular formula is C11H20O7P-. The van der Waals surface area contributed by atoms with Gasteiger partial charge in [-0.15, -0.1) is 0 Å². The van der Waals surface area contributed by atoms with Gasteiger partial charge in [0.25, 0.3) is 7.82 Å². The minimum absolute atomic E-state index is 0.155. The molecule has 0 spiro atoms. The fourth-order valence-electron chi connectivity index (χ4n) is 2.84. The van der Waals surface area contributed by atoms with Crippen LogP contribution < -0.4 is 4.89 Å². The lowest BCUT2D eigenvalue weighted by atomic mass is 9.88. The van der Waals surface area contributed by atoms with E-state index < -0.39 is 19.5 Å². The van der Waals surface area contributed by atoms with Crippen molar-refractivity contribution in [2.45, 2.75) is 31.2 Å². The van der Waals surface area contributed by atoms with Gasteiger partial charge in [0.2, 0.25) is 0 Å². The summed E-state index contributed by atoms with van der Waals surface area (Å²) >= 11 is 0. The van der Waals surface area contributed by atoms with Crippen molar-refractivity contribution in [3.05, 3.63) is 0 Å². The molecule has 0 aliphatic carbocycles. The van der Waals surface area contributed by atoms with Gasteiger partial charge in [-0.1, -0.05) is 0 Å². The van der Waals surface area contributed by atoms with E-state index in [2.05, 4.69) is 4.52 Å². The van der Waals surface area contributed by atoms with Crippen LogP contribution in [-0.4, -0.2) is 51.8 Å². The highest BCUT2D eigenvalue weighted by Crippen LogP contribution is 2.50. The summed E-state index contributed by atoms with van der Waals surface area (Å²) in [5, 5.41) is 0. The molecule has 112 valence electrons. The zero-order chi connectivity index (χ0) is 14.1. The molecule has 2 saturated heterocycles. The van der Waals surface area contributed by atoms with E-state index >= 15 is 0 Å². The van der Waals surface area contributed by atoms with Crippen molar-refractivity contribution < 1.29 is 32.7 Å². The van der Waals surface area contributed by atoms with Gasteiger partial charge in [-0.2, -0.15) is 0 Å². The first-order valence-electron chi connectivity index (χ1n) is 6.24. The highest BCUT2D eigenvalue weighted by Gasteiger charge is 2.56. The van der Waals surface area contributed by atoms with Crippen LogP contribution in [0.1, 0.15) is 13.3 Å². The molecule has 2 fully saturated rings. The Morgan fingerprint density at radius 2 is 2.21 bits per heavy atom. The van der Waals surface area contributed by atoms with Gasteiger partial charge in [0.15, 0.2) is 0 Å². The predicted molar refractivity (Wildman–Crippen MR) is 63.6 cm³/mol. The van der Waals surface area contributed by atoms with Gasteiger partial charge >= 0.3 is 0 Å². The standard InChI is InChI=1S/C11H21O7P/c1-8-9-6-16-5-4-11(17-8,7-14-2)10(9)18-19(12,13)15-3/h8-10H,4-7H2,1-3H3,(H,12,13)/p-1/t8-,9+,10?,11+/m0/s1. The van der Waals surface area contributed by atoms with Gasteiger partial charge in [-0.25, -0.2) is 0 Å². The van der Waals surface area contributed by atoms with Crippen LogP contribution >= 0.6 is 7.82 Å². The van der Waals surface area contributed by atoms with Crippen molar-refractivity contribution in [3.8, 4) is 0 Å². The third-order valence-electron chi connectivity index (χ3n) is 3.77. The summed E-state index contributed by atoms with van der Waals surface area (Å²) in [7, 11) is -1.70. The lowest BCUT2D eigenvalue weighted by Crippen LogP contribution is -2.47. The van der Waals surface area contributed by atoms with Crippen molar-refractivity contribution in [1.29, 1.82) is 0 Å². The van der Waals surface area contributed by atoms with Crippen LogP contribution in [0.5, 0.6) is 0 Å². The fraction of sp³-hybridized carbons (Fsp3) is 1.00. The molecule has 2 rings (SSSR count). The minimum atomic E-state index is -4.33. The Morgan fingerprint density at radius 3 is 2.84 bits per heavy atom. The molecule has 5 atom stereocenters. The highest BCUT2D eigenvalue weighted by molar-refractivity contribution is 7.45. The fourth-order valence-corrected chi connectivity index (χ4v) is 3.55. The number of hydrogen-bond donors (Lipinski definition) is 0. The van der Waals surface area contributed by atoms with E-state index in [1.165, 1.54) is 0 Å². The molecule has 2 aliphatic heterocycles. The van der Waals surface area contributed by atoms with Crippen molar-refractivity contribution in [3.63, 3.8) is 0 Å². The lowest BCUT2D eigenvalue weighted by molar-refractivity contribution is -0.234. The summed E-state index contributed by atoms with van der Waals surface area (Å²) in [5.41, 5.74) is -0.798. The van der Waals surface area contributed by atoms with Gasteiger partial charge in [0.05, 0.1) is 19.3 Å². The first kappa shape index (κ1) is 15.4. The van der Waals surface area contributed by atoms with E-state index in [1.54, 1.807) is 7.11 Å². The number of phosphoric ester groups is 1. The molecular weight excluding hydrogens is 275 g/mol. The van der Waals surface area contributed by atoms with E-state index in [0.717, 1.165) is 7.11 Å². The van der Waals surface area contributed by atoms with Gasteiger partial charge in [0.1, 0.15) is 11.7 Å². The Morgan fingerprint density at radius 1 is 1.47 bits per heavy atom. The Bertz CT molecular complexity index is 363. The number of ether oxygens (including phenoxy) is 3. The van der Waals surface area contributed by atoms with Gasteiger partial charge in [-0.3, -0.25) is 4.57 Å². The summed E-state index contributed by atoms with van der Waals surface area (Å²) in [4.78, 5) is 11.6. The van der Waals surface area contributed by atoms with Gasteiger partial charge in [0, 0.05) is 33.2 Å². The molecule has 0 aromatic rings. The van der Waals surface area contributed by atoms with Crippen LogP contribution in [0.4, 0.5) is 0 Å². The largest absolute Gasteiger partial charge is 0.756 e. The Hall–Kier alpha value is -0.0100. The molecule has 0 aromatic carbocycles. The summed E-state index contributed by atoms with van der Waals surface area (Å²) < 4.78 is 37.9. The highest BCUT2D eigenvalue weighted by atomic mass is 31.2. The van der Waals surface area contributed by atoms with Crippen molar-refractivity contribution in [2.24, 2.45) is 5.92 Å². The molecule has 2 heterocycles. The molecule has 0 aromatic heterocycles. The molecule has 0 radical (unpaired) electrons. The second-order valence-electron chi connectivity index (χ2n) is 4.97. The molecule has 2 unspecified atom stereocenters. The quantitative estimate of drug-likeness (QED) is 0.675. The van der Waals surface area contributed by atoms with Gasteiger partial charge in [-0.05, 0) is 6.92 Å². The molecule has 2 bridgehead atoms. The Balaban J connectivity index is 2.27. The maximum absolute atomic E-state index is 11.6. The topological polar surface area (TPSA) is 86.3 Å². The van der Waals surface area contributed by atoms with E-state index in [4.69, 9.17) is 18.7 Å². The van der Waals surface area contributed by atoms with Crippen LogP contribution in [-0.2, 0) is 27.8 Å². The van der Waals surface area contributed by atoms with E-state index in [1.807, 2.05) is 6.92 Å². The molecule has 0 amide bonds. The lowest BCUT2D eigenvalue weighted by Gasteiger charge is -2.36. The summed E-state index contributed by atoms with van der Waals surface area (Å²) in [6.07, 6.45) is -0.277. The van der Waals surface area contributed by atoms with Crippen molar-refractivity contribution in [2.75, 3.05) is 34.0 Å². The second kappa shape index (κ2) is 5.77. The van der Waals surface area contributed by atoms with Crippen LogP contribution in [0.2, 0.25) is 0 Å². The normalized spacial score (nSPS) is 41.8. The maximum atomic E-state index is 11.6. The zero-order valence-electron chi connectivity index (χ0n) is 11.4. The van der Waals surface area contributed by atoms with Crippen LogP contribution in [0.3, 0.4) is 0 Å². The van der Waals surface area contributed by atoms with E-state index in [9.17, 15) is 9.46 Å². The van der Waals surface area contributed by atoms with Crippen molar-refractivity contribution in [1.82, 2.24) is 0 Å². The summed E-state index contributed by atoms with van der Waals surface area (Å²) in [6, 6.07) is 0. The van der Waals surface area contributed by atoms with Crippen molar-refractivity contribution >= 4 is 7.82 Å². The average molecular weight is 295 g/mol. The van der Waals surface area contributed by atoms with E-state index in [0.29, 0.717) is 19.6 Å². The first-order chi connectivity index (χ1) is 8.94. The molecule has 7 nitrogen and oxygen atoms in total. The second-order valence-corrected chi connectivity index (χ2v) is 6.44. The molecule has 8 heteroatoms. The number of fused-ring (bicyclic) bond motifs is 2. The monoisotopic (exact) mass is 295 g/mol. The average Bonchev–Trinajstić information content (AvgIpc) is 2.48. The Labute approximate surface area is 112 Å². The molecule has 2 aliphatic rings. The Kier molecular flexibility index (Phi) is 4.67. The minimum Gasteiger partial charge on any atom is -0.756 e. The van der Waals surface area contributed by atoms with Gasteiger partial charge < -0.3 is 28.2 Å². The maximum Gasteiger partial charge on any atom is 0.267 e. The molecule has 0 saturated carbocycles. The van der Waals surface area contributed by atoms with Crippen LogP contribution in [0.25, 0.3) is 0 Å². The SMILES string of the molecule is COC[C@]12CCOC[C@@H](C1OP(=O)([O-])OC)[C@H](C)O2. The first-order valence-corrected chi connectivity index (χ1v) is 7.70. The number of hydrogen-bond acceptors (Lipinski definition) is 7. The number of rotatable bonds is 5. The molecule has 0 N–H and O–H groups in total. The van der Waals surface area contributed by atoms with E-state index in [-0.39, 0.29) is 18.6 Å². The third kappa shape index (κ3) is 3.03. The number of methoxy groups -OCH3 is 1.